The average Bonchev–Trinajstić information content (AvgIpc) is 3.26. The fourth-order valence-electron chi connectivity index (χ4n) is 4.06. The van der Waals surface area contributed by atoms with Crippen LogP contribution in [0.4, 0.5) is 5.69 Å². The molecule has 0 atom stereocenters. The molecule has 1 aromatic heterocycles. The van der Waals surface area contributed by atoms with Crippen LogP contribution in [-0.4, -0.2) is 55.1 Å². The Morgan fingerprint density at radius 1 is 1.09 bits per heavy atom. The lowest BCUT2D eigenvalue weighted by Gasteiger charge is -2.36. The van der Waals surface area contributed by atoms with Gasteiger partial charge in [0.15, 0.2) is 0 Å². The number of carbonyl (C=O) groups is 1. The van der Waals surface area contributed by atoms with E-state index < -0.39 is 0 Å². The number of benzene rings is 2. The summed E-state index contributed by atoms with van der Waals surface area (Å²) in [6, 6.07) is 16.6. The normalized spacial score (nSPS) is 14.4. The van der Waals surface area contributed by atoms with Crippen molar-refractivity contribution in [1.82, 2.24) is 15.2 Å². The second-order valence-corrected chi connectivity index (χ2v) is 10.5. The first-order valence-corrected chi connectivity index (χ1v) is 13.4. The van der Waals surface area contributed by atoms with Crippen LogP contribution in [0, 0.1) is 13.8 Å². The molecule has 2 heterocycles. The highest BCUT2D eigenvalue weighted by molar-refractivity contribution is 7.98. The highest BCUT2D eigenvalue weighted by atomic mass is 32.2. The van der Waals surface area contributed by atoms with Gasteiger partial charge < -0.3 is 10.2 Å². The van der Waals surface area contributed by atoms with Crippen LogP contribution in [0.2, 0.25) is 0 Å². The molecule has 0 saturated carbocycles. The molecule has 3 aromatic rings. The molecule has 1 N–H and O–H groups in total. The number of rotatable bonds is 9. The van der Waals surface area contributed by atoms with Gasteiger partial charge in [-0.2, -0.15) is 0 Å². The van der Waals surface area contributed by atoms with Crippen molar-refractivity contribution in [3.05, 3.63) is 75.7 Å². The maximum absolute atomic E-state index is 12.8. The highest BCUT2D eigenvalue weighted by Gasteiger charge is 2.17. The van der Waals surface area contributed by atoms with Crippen molar-refractivity contribution in [2.45, 2.75) is 30.9 Å². The van der Waals surface area contributed by atoms with Crippen LogP contribution in [0.1, 0.15) is 33.0 Å². The third-order valence-electron chi connectivity index (χ3n) is 5.85. The lowest BCUT2D eigenvalue weighted by Crippen LogP contribution is -2.47. The summed E-state index contributed by atoms with van der Waals surface area (Å²) in [4.78, 5) is 23.3. The number of thiazole rings is 1. The number of hydrogen-bond donors (Lipinski definition) is 1. The van der Waals surface area contributed by atoms with Gasteiger partial charge in [-0.1, -0.05) is 24.3 Å². The van der Waals surface area contributed by atoms with Gasteiger partial charge in [-0.25, -0.2) is 4.98 Å². The van der Waals surface area contributed by atoms with E-state index in [0.29, 0.717) is 6.54 Å². The molecular weight excluding hydrogens is 448 g/mol. The fourth-order valence-corrected chi connectivity index (χ4v) is 5.72. The third-order valence-corrected chi connectivity index (χ3v) is 7.78. The van der Waals surface area contributed by atoms with Gasteiger partial charge in [-0.15, -0.1) is 23.1 Å². The van der Waals surface area contributed by atoms with Crippen LogP contribution >= 0.6 is 23.1 Å². The Morgan fingerprint density at radius 2 is 1.91 bits per heavy atom. The average molecular weight is 481 g/mol. The fraction of sp³-hybridized carbons (Fsp3) is 0.385. The van der Waals surface area contributed by atoms with Crippen LogP contribution in [0.5, 0.6) is 0 Å². The lowest BCUT2D eigenvalue weighted by atomic mass is 10.2. The van der Waals surface area contributed by atoms with E-state index in [0.717, 1.165) is 66.1 Å². The molecular formula is C26H32N4OS2. The van der Waals surface area contributed by atoms with E-state index in [1.54, 1.807) is 23.1 Å². The SMILES string of the molecule is Cc1cccc(N2CCN(CCCNC(=O)c3ccccc3SCc3csc(C)n3)CC2)c1. The first-order chi connectivity index (χ1) is 16.1. The zero-order valence-corrected chi connectivity index (χ0v) is 21.1. The molecule has 174 valence electrons. The van der Waals surface area contributed by atoms with E-state index >= 15 is 0 Å². The molecule has 1 saturated heterocycles. The molecule has 1 aliphatic heterocycles. The summed E-state index contributed by atoms with van der Waals surface area (Å²) < 4.78 is 0. The Kier molecular flexibility index (Phi) is 8.42. The van der Waals surface area contributed by atoms with E-state index in [1.165, 1.54) is 11.3 Å². The first-order valence-electron chi connectivity index (χ1n) is 11.5. The van der Waals surface area contributed by atoms with E-state index in [1.807, 2.05) is 31.2 Å². The number of piperazine rings is 1. The van der Waals surface area contributed by atoms with E-state index in [4.69, 9.17) is 0 Å². The topological polar surface area (TPSA) is 48.5 Å². The van der Waals surface area contributed by atoms with Crippen molar-refractivity contribution in [3.63, 3.8) is 0 Å². The summed E-state index contributed by atoms with van der Waals surface area (Å²) in [5.74, 6) is 0.792. The molecule has 1 aliphatic rings. The minimum absolute atomic E-state index is 0.0109. The van der Waals surface area contributed by atoms with Crippen molar-refractivity contribution >= 4 is 34.7 Å². The predicted octanol–water partition coefficient (Wildman–Crippen LogP) is 4.99. The molecule has 0 spiro atoms. The van der Waals surface area contributed by atoms with Crippen molar-refractivity contribution in [2.75, 3.05) is 44.2 Å². The molecule has 2 aromatic carbocycles. The molecule has 0 unspecified atom stereocenters. The molecule has 0 bridgehead atoms. The van der Waals surface area contributed by atoms with Crippen molar-refractivity contribution < 1.29 is 4.79 Å². The van der Waals surface area contributed by atoms with E-state index in [2.05, 4.69) is 56.7 Å². The maximum atomic E-state index is 12.8. The van der Waals surface area contributed by atoms with E-state index in [9.17, 15) is 4.79 Å². The Bertz CT molecular complexity index is 1060. The Hall–Kier alpha value is -2.35. The number of anilines is 1. The lowest BCUT2D eigenvalue weighted by molar-refractivity contribution is 0.0948. The Morgan fingerprint density at radius 3 is 2.67 bits per heavy atom. The standard InChI is InChI=1S/C26H32N4OS2/c1-20-7-5-8-23(17-20)30-15-13-29(14-16-30)12-6-11-27-26(31)24-9-3-4-10-25(24)33-19-22-18-32-21(2)28-22/h3-5,7-10,17-18H,6,11-16,19H2,1-2H3,(H,27,31). The second-order valence-electron chi connectivity index (χ2n) is 8.42. The highest BCUT2D eigenvalue weighted by Crippen LogP contribution is 2.27. The minimum atomic E-state index is 0.0109. The Labute approximate surface area is 205 Å². The van der Waals surface area contributed by atoms with Crippen LogP contribution in [-0.2, 0) is 5.75 Å². The summed E-state index contributed by atoms with van der Waals surface area (Å²) >= 11 is 3.34. The maximum Gasteiger partial charge on any atom is 0.252 e. The summed E-state index contributed by atoms with van der Waals surface area (Å²) in [6.45, 7) is 10.1. The van der Waals surface area contributed by atoms with Gasteiger partial charge in [0.2, 0.25) is 0 Å². The number of carbonyl (C=O) groups excluding carboxylic acids is 1. The summed E-state index contributed by atoms with van der Waals surface area (Å²) in [5, 5.41) is 6.29. The van der Waals surface area contributed by atoms with Crippen molar-refractivity contribution in [2.24, 2.45) is 0 Å². The van der Waals surface area contributed by atoms with Crippen LogP contribution < -0.4 is 10.2 Å². The quantitative estimate of drug-likeness (QED) is 0.345. The van der Waals surface area contributed by atoms with Gasteiger partial charge in [-0.3, -0.25) is 9.69 Å². The minimum Gasteiger partial charge on any atom is -0.369 e. The predicted molar refractivity (Wildman–Crippen MR) is 140 cm³/mol. The van der Waals surface area contributed by atoms with Crippen LogP contribution in [0.3, 0.4) is 0 Å². The summed E-state index contributed by atoms with van der Waals surface area (Å²) in [6.07, 6.45) is 0.962. The Balaban J connectivity index is 1.19. The number of nitrogens with one attached hydrogen (secondary N) is 1. The van der Waals surface area contributed by atoms with Crippen molar-refractivity contribution in [3.8, 4) is 0 Å². The number of hydrogen-bond acceptors (Lipinski definition) is 6. The molecule has 0 radical (unpaired) electrons. The number of aryl methyl sites for hydroxylation is 2. The zero-order valence-electron chi connectivity index (χ0n) is 19.4. The summed E-state index contributed by atoms with van der Waals surface area (Å²) in [7, 11) is 0. The molecule has 33 heavy (non-hydrogen) atoms. The van der Waals surface area contributed by atoms with Gasteiger partial charge in [0, 0.05) is 54.4 Å². The summed E-state index contributed by atoms with van der Waals surface area (Å²) in [5.41, 5.74) is 4.45. The van der Waals surface area contributed by atoms with Gasteiger partial charge in [0.05, 0.1) is 16.3 Å². The van der Waals surface area contributed by atoms with E-state index in [-0.39, 0.29) is 5.91 Å². The number of amides is 1. The van der Waals surface area contributed by atoms with Gasteiger partial charge in [0.1, 0.15) is 0 Å². The monoisotopic (exact) mass is 480 g/mol. The van der Waals surface area contributed by atoms with Gasteiger partial charge in [-0.05, 0) is 56.6 Å². The largest absolute Gasteiger partial charge is 0.369 e. The number of nitrogens with zero attached hydrogens (tertiary/aromatic N) is 3. The van der Waals surface area contributed by atoms with Gasteiger partial charge >= 0.3 is 0 Å². The first kappa shape index (κ1) is 23.8. The molecule has 1 amide bonds. The smallest absolute Gasteiger partial charge is 0.252 e. The molecule has 5 nitrogen and oxygen atoms in total. The molecule has 4 rings (SSSR count). The number of aromatic nitrogens is 1. The second kappa shape index (κ2) is 11.7. The van der Waals surface area contributed by atoms with Crippen LogP contribution in [0.25, 0.3) is 0 Å². The molecule has 0 aliphatic carbocycles. The van der Waals surface area contributed by atoms with Crippen LogP contribution in [0.15, 0.2) is 58.8 Å². The zero-order chi connectivity index (χ0) is 23.0. The van der Waals surface area contributed by atoms with Crippen molar-refractivity contribution in [1.29, 1.82) is 0 Å². The third kappa shape index (κ3) is 6.82. The molecule has 7 heteroatoms. The number of thioether (sulfide) groups is 1. The molecule has 1 fully saturated rings. The van der Waals surface area contributed by atoms with Gasteiger partial charge in [0.25, 0.3) is 5.91 Å².